The van der Waals surface area contributed by atoms with Crippen molar-refractivity contribution in [3.8, 4) is 0 Å². The van der Waals surface area contributed by atoms with Gasteiger partial charge in [-0.25, -0.2) is 0 Å². The standard InChI is InChI=1S/C21H47N3P2/c1-13-20(9,16-22(11)21(10,14-2)15-3)19(7,8)24(26)17(4)18(5,6)23(12)25/h4,13-16,25-26H2,1-3,5-12H3. The summed E-state index contributed by atoms with van der Waals surface area (Å²) in [5.41, 5.74) is 1.28. The first kappa shape index (κ1) is 26.3. The Hall–Kier alpha value is 0.320. The van der Waals surface area contributed by atoms with E-state index in [2.05, 4.69) is 116 Å². The van der Waals surface area contributed by atoms with E-state index in [1.165, 1.54) is 12.8 Å². The van der Waals surface area contributed by atoms with Crippen molar-refractivity contribution in [3.63, 3.8) is 0 Å². The molecule has 0 fully saturated rings. The second kappa shape index (κ2) is 9.21. The highest BCUT2D eigenvalue weighted by atomic mass is 31.0. The second-order valence-corrected chi connectivity index (χ2v) is 10.8. The minimum atomic E-state index is -0.133. The minimum Gasteiger partial charge on any atom is -0.352 e. The molecule has 0 aliphatic heterocycles. The average Bonchev–Trinajstić information content (AvgIpc) is 2.58. The Balaban J connectivity index is 5.78. The Morgan fingerprint density at radius 2 is 1.27 bits per heavy atom. The van der Waals surface area contributed by atoms with Crippen LogP contribution in [-0.2, 0) is 0 Å². The summed E-state index contributed by atoms with van der Waals surface area (Å²) in [6.07, 6.45) is 3.45. The maximum atomic E-state index is 4.46. The third-order valence-electron chi connectivity index (χ3n) is 7.77. The minimum absolute atomic E-state index is 0.0574. The Bertz CT molecular complexity index is 470. The smallest absolute Gasteiger partial charge is 0.0577 e. The first-order chi connectivity index (χ1) is 11.6. The fourth-order valence-corrected chi connectivity index (χ4v) is 4.15. The molecule has 0 aromatic rings. The predicted molar refractivity (Wildman–Crippen MR) is 126 cm³/mol. The van der Waals surface area contributed by atoms with Crippen LogP contribution >= 0.6 is 18.8 Å². The number of hydrogen-bond acceptors (Lipinski definition) is 3. The Morgan fingerprint density at radius 3 is 1.58 bits per heavy atom. The average molecular weight is 404 g/mol. The maximum Gasteiger partial charge on any atom is 0.0577 e. The summed E-state index contributed by atoms with van der Waals surface area (Å²) < 4.78 is 4.49. The lowest BCUT2D eigenvalue weighted by Gasteiger charge is -2.56. The third-order valence-corrected chi connectivity index (χ3v) is 9.37. The molecule has 0 saturated heterocycles. The molecule has 0 spiro atoms. The summed E-state index contributed by atoms with van der Waals surface area (Å²) in [5, 5.41) is 0. The van der Waals surface area contributed by atoms with E-state index in [9.17, 15) is 0 Å². The fraction of sp³-hybridized carbons (Fsp3) is 0.905. The molecule has 156 valence electrons. The zero-order valence-electron chi connectivity index (χ0n) is 19.5. The van der Waals surface area contributed by atoms with E-state index in [4.69, 9.17) is 0 Å². The highest BCUT2D eigenvalue weighted by Crippen LogP contribution is 2.46. The van der Waals surface area contributed by atoms with Crippen LogP contribution in [0.3, 0.4) is 0 Å². The van der Waals surface area contributed by atoms with E-state index in [0.717, 1.165) is 18.7 Å². The van der Waals surface area contributed by atoms with Crippen LogP contribution in [0.2, 0.25) is 0 Å². The van der Waals surface area contributed by atoms with Gasteiger partial charge in [0.1, 0.15) is 0 Å². The Labute approximate surface area is 169 Å². The van der Waals surface area contributed by atoms with Gasteiger partial charge >= 0.3 is 0 Å². The van der Waals surface area contributed by atoms with Gasteiger partial charge in [0.2, 0.25) is 0 Å². The second-order valence-electron chi connectivity index (χ2n) is 9.52. The van der Waals surface area contributed by atoms with Crippen LogP contribution in [0.5, 0.6) is 0 Å². The molecule has 0 saturated carbocycles. The van der Waals surface area contributed by atoms with E-state index in [1.54, 1.807) is 0 Å². The number of nitrogens with zero attached hydrogens (tertiary/aromatic N) is 3. The van der Waals surface area contributed by atoms with Gasteiger partial charge in [0, 0.05) is 28.7 Å². The van der Waals surface area contributed by atoms with Gasteiger partial charge in [-0.3, -0.25) is 4.67 Å². The summed E-state index contributed by atoms with van der Waals surface area (Å²) in [7, 11) is 10.1. The van der Waals surface area contributed by atoms with E-state index in [0.29, 0.717) is 0 Å². The number of rotatable bonds is 11. The Kier molecular flexibility index (Phi) is 9.33. The lowest BCUT2D eigenvalue weighted by molar-refractivity contribution is 0.000341. The van der Waals surface area contributed by atoms with E-state index < -0.39 is 0 Å². The molecule has 0 aromatic heterocycles. The van der Waals surface area contributed by atoms with E-state index in [1.807, 2.05) is 0 Å². The SMILES string of the molecule is C=C(N(P)C(C)(C)C(C)(CC)CN(C)C(C)(CC)CC)C(C)(C)N(C)P. The monoisotopic (exact) mass is 403 g/mol. The highest BCUT2D eigenvalue weighted by molar-refractivity contribution is 7.14. The Morgan fingerprint density at radius 1 is 0.846 bits per heavy atom. The fourth-order valence-electron chi connectivity index (χ4n) is 3.37. The predicted octanol–water partition coefficient (Wildman–Crippen LogP) is 5.80. The van der Waals surface area contributed by atoms with Crippen LogP contribution in [0.25, 0.3) is 0 Å². The van der Waals surface area contributed by atoms with Gasteiger partial charge in [-0.1, -0.05) is 43.7 Å². The molecule has 3 nitrogen and oxygen atoms in total. The largest absolute Gasteiger partial charge is 0.352 e. The molecular formula is C21H47N3P2. The molecule has 0 rings (SSSR count). The van der Waals surface area contributed by atoms with Crippen molar-refractivity contribution >= 4 is 18.8 Å². The van der Waals surface area contributed by atoms with Crippen molar-refractivity contribution in [2.24, 2.45) is 5.41 Å². The van der Waals surface area contributed by atoms with Crippen molar-refractivity contribution < 1.29 is 0 Å². The summed E-state index contributed by atoms with van der Waals surface area (Å²) in [4.78, 5) is 2.58. The lowest BCUT2D eigenvalue weighted by atomic mass is 9.69. The van der Waals surface area contributed by atoms with Crippen molar-refractivity contribution in [2.75, 3.05) is 20.6 Å². The van der Waals surface area contributed by atoms with Crippen LogP contribution in [-0.4, -0.2) is 51.5 Å². The quantitative estimate of drug-likeness (QED) is 0.404. The van der Waals surface area contributed by atoms with Gasteiger partial charge < -0.3 is 9.57 Å². The van der Waals surface area contributed by atoms with Crippen molar-refractivity contribution in [1.29, 1.82) is 0 Å². The number of likely N-dealkylation sites (N-methyl/N-ethyl adjacent to an activating group) is 1. The van der Waals surface area contributed by atoms with Gasteiger partial charge in [0.05, 0.1) is 5.54 Å². The molecule has 0 heterocycles. The van der Waals surface area contributed by atoms with E-state index >= 15 is 0 Å². The van der Waals surface area contributed by atoms with Crippen LogP contribution in [0.1, 0.15) is 81.6 Å². The summed E-state index contributed by atoms with van der Waals surface area (Å²) in [5.74, 6) is 0. The molecule has 0 aliphatic rings. The van der Waals surface area contributed by atoms with Gasteiger partial charge in [-0.2, -0.15) is 0 Å². The lowest BCUT2D eigenvalue weighted by Crippen LogP contribution is -2.59. The summed E-state index contributed by atoms with van der Waals surface area (Å²) in [6.45, 7) is 26.4. The molecule has 3 atom stereocenters. The van der Waals surface area contributed by atoms with Gasteiger partial charge in [-0.15, -0.1) is 0 Å². The van der Waals surface area contributed by atoms with Gasteiger partial charge in [-0.05, 0) is 77.4 Å². The summed E-state index contributed by atoms with van der Waals surface area (Å²) >= 11 is 0. The van der Waals surface area contributed by atoms with Crippen LogP contribution < -0.4 is 0 Å². The molecule has 0 amide bonds. The molecule has 26 heavy (non-hydrogen) atoms. The number of hydrogen-bond donors (Lipinski definition) is 0. The topological polar surface area (TPSA) is 9.72 Å². The third kappa shape index (κ3) is 5.02. The molecule has 0 radical (unpaired) electrons. The molecular weight excluding hydrogens is 356 g/mol. The van der Waals surface area contributed by atoms with Crippen LogP contribution in [0, 0.1) is 5.41 Å². The maximum absolute atomic E-state index is 4.46. The first-order valence-corrected chi connectivity index (χ1v) is 11.0. The van der Waals surface area contributed by atoms with Crippen molar-refractivity contribution in [2.45, 2.75) is 98.2 Å². The zero-order valence-corrected chi connectivity index (χ0v) is 21.8. The summed E-state index contributed by atoms with van der Waals surface area (Å²) in [6, 6.07) is 0. The molecule has 0 N–H and O–H groups in total. The first-order valence-electron chi connectivity index (χ1n) is 10.0. The molecule has 3 unspecified atom stereocenters. The molecule has 5 heteroatoms. The van der Waals surface area contributed by atoms with Crippen LogP contribution in [0.4, 0.5) is 0 Å². The zero-order chi connectivity index (χ0) is 21.1. The van der Waals surface area contributed by atoms with Gasteiger partial charge in [0.25, 0.3) is 0 Å². The van der Waals surface area contributed by atoms with Crippen LogP contribution in [0.15, 0.2) is 12.3 Å². The normalized spacial score (nSPS) is 16.1. The molecule has 0 aliphatic carbocycles. The molecule has 0 bridgehead atoms. The van der Waals surface area contributed by atoms with E-state index in [-0.39, 0.29) is 22.0 Å². The van der Waals surface area contributed by atoms with Crippen molar-refractivity contribution in [1.82, 2.24) is 14.2 Å². The highest BCUT2D eigenvalue weighted by Gasteiger charge is 2.47. The van der Waals surface area contributed by atoms with Crippen molar-refractivity contribution in [3.05, 3.63) is 12.3 Å². The molecule has 0 aromatic carbocycles. The van der Waals surface area contributed by atoms with Gasteiger partial charge in [0.15, 0.2) is 0 Å².